The third-order valence-electron chi connectivity index (χ3n) is 4.96. The van der Waals surface area contributed by atoms with Crippen LogP contribution >= 0.6 is 0 Å². The molecule has 0 saturated carbocycles. The van der Waals surface area contributed by atoms with E-state index < -0.39 is 47.3 Å². The Hall–Kier alpha value is -3.40. The SMILES string of the molecule is CC#Cc1cc(-c2c(C)cccc2C)c(F)c(C(CC(=O)OCC)NC(=O)OC(C)(C)C)c1F. The summed E-state index contributed by atoms with van der Waals surface area (Å²) in [6.07, 6.45) is -1.41. The fourth-order valence-corrected chi connectivity index (χ4v) is 3.67. The van der Waals surface area contributed by atoms with Crippen LogP contribution in [0.25, 0.3) is 11.1 Å². The summed E-state index contributed by atoms with van der Waals surface area (Å²) in [4.78, 5) is 24.8. The minimum absolute atomic E-state index is 0.0450. The topological polar surface area (TPSA) is 64.6 Å². The number of aryl methyl sites for hydroxylation is 2. The van der Waals surface area contributed by atoms with Gasteiger partial charge in [0.1, 0.15) is 17.2 Å². The highest BCUT2D eigenvalue weighted by atomic mass is 19.1. The summed E-state index contributed by atoms with van der Waals surface area (Å²) in [5, 5.41) is 2.45. The van der Waals surface area contributed by atoms with Crippen molar-refractivity contribution in [3.8, 4) is 23.0 Å². The molecular formula is C27H31F2NO4. The van der Waals surface area contributed by atoms with Crippen molar-refractivity contribution < 1.29 is 27.8 Å². The van der Waals surface area contributed by atoms with E-state index in [0.717, 1.165) is 11.1 Å². The number of halogens is 2. The van der Waals surface area contributed by atoms with Crippen molar-refractivity contribution in [2.45, 2.75) is 66.5 Å². The van der Waals surface area contributed by atoms with Gasteiger partial charge in [-0.2, -0.15) is 0 Å². The molecule has 0 bridgehead atoms. The second-order valence-corrected chi connectivity index (χ2v) is 8.86. The lowest BCUT2D eigenvalue weighted by Crippen LogP contribution is -2.37. The van der Waals surface area contributed by atoms with Crippen LogP contribution in [0.1, 0.15) is 69.3 Å². The molecule has 2 aromatic carbocycles. The summed E-state index contributed by atoms with van der Waals surface area (Å²) in [5.41, 5.74) is 0.919. The van der Waals surface area contributed by atoms with Crippen molar-refractivity contribution >= 4 is 12.1 Å². The van der Waals surface area contributed by atoms with Crippen molar-refractivity contribution in [3.63, 3.8) is 0 Å². The fourth-order valence-electron chi connectivity index (χ4n) is 3.67. The first-order chi connectivity index (χ1) is 15.9. The molecule has 1 unspecified atom stereocenters. The molecule has 1 amide bonds. The summed E-state index contributed by atoms with van der Waals surface area (Å²) in [6.45, 7) is 11.9. The zero-order valence-corrected chi connectivity index (χ0v) is 20.7. The van der Waals surface area contributed by atoms with Gasteiger partial charge in [-0.3, -0.25) is 4.79 Å². The van der Waals surface area contributed by atoms with Crippen molar-refractivity contribution in [1.82, 2.24) is 5.32 Å². The van der Waals surface area contributed by atoms with Gasteiger partial charge in [-0.25, -0.2) is 13.6 Å². The summed E-state index contributed by atoms with van der Waals surface area (Å²) in [6, 6.07) is 5.47. The van der Waals surface area contributed by atoms with Gasteiger partial charge in [0, 0.05) is 11.1 Å². The Balaban J connectivity index is 2.76. The molecule has 34 heavy (non-hydrogen) atoms. The van der Waals surface area contributed by atoms with Gasteiger partial charge in [-0.05, 0) is 71.2 Å². The summed E-state index contributed by atoms with van der Waals surface area (Å²) >= 11 is 0. The van der Waals surface area contributed by atoms with Gasteiger partial charge in [-0.15, -0.1) is 5.92 Å². The van der Waals surface area contributed by atoms with E-state index in [9.17, 15) is 9.59 Å². The van der Waals surface area contributed by atoms with Crippen LogP contribution in [0.2, 0.25) is 0 Å². The molecule has 1 atom stereocenters. The number of benzene rings is 2. The Morgan fingerprint density at radius 3 is 2.26 bits per heavy atom. The van der Waals surface area contributed by atoms with Crippen LogP contribution in [0.15, 0.2) is 24.3 Å². The molecule has 2 rings (SSSR count). The van der Waals surface area contributed by atoms with Crippen LogP contribution in [0, 0.1) is 37.3 Å². The minimum atomic E-state index is -1.38. The smallest absolute Gasteiger partial charge is 0.408 e. The number of esters is 1. The first-order valence-electron chi connectivity index (χ1n) is 11.1. The lowest BCUT2D eigenvalue weighted by atomic mass is 9.89. The fraction of sp³-hybridized carbons (Fsp3) is 0.407. The Labute approximate surface area is 199 Å². The zero-order valence-electron chi connectivity index (χ0n) is 20.7. The van der Waals surface area contributed by atoms with Crippen molar-refractivity contribution in [1.29, 1.82) is 0 Å². The second-order valence-electron chi connectivity index (χ2n) is 8.86. The van der Waals surface area contributed by atoms with Crippen LogP contribution in [-0.4, -0.2) is 24.3 Å². The van der Waals surface area contributed by atoms with E-state index in [-0.39, 0.29) is 17.7 Å². The molecule has 2 aromatic rings. The number of rotatable bonds is 6. The molecule has 0 aliphatic heterocycles. The van der Waals surface area contributed by atoms with Crippen LogP contribution in [0.5, 0.6) is 0 Å². The molecule has 0 aliphatic carbocycles. The Bertz CT molecular complexity index is 1120. The highest BCUT2D eigenvalue weighted by Crippen LogP contribution is 2.36. The molecule has 0 aromatic heterocycles. The zero-order chi connectivity index (χ0) is 25.6. The van der Waals surface area contributed by atoms with E-state index in [2.05, 4.69) is 17.2 Å². The van der Waals surface area contributed by atoms with Crippen LogP contribution in [0.3, 0.4) is 0 Å². The Morgan fingerprint density at radius 2 is 1.74 bits per heavy atom. The molecule has 1 N–H and O–H groups in total. The molecule has 0 fully saturated rings. The van der Waals surface area contributed by atoms with Gasteiger partial charge >= 0.3 is 12.1 Å². The predicted octanol–water partition coefficient (Wildman–Crippen LogP) is 6.14. The number of ether oxygens (including phenoxy) is 2. The van der Waals surface area contributed by atoms with Crippen LogP contribution < -0.4 is 5.32 Å². The lowest BCUT2D eigenvalue weighted by Gasteiger charge is -2.25. The first-order valence-corrected chi connectivity index (χ1v) is 11.1. The summed E-state index contributed by atoms with van der Waals surface area (Å²) in [7, 11) is 0. The number of hydrogen-bond donors (Lipinski definition) is 1. The van der Waals surface area contributed by atoms with Crippen molar-refractivity contribution in [2.75, 3.05) is 6.61 Å². The maximum atomic E-state index is 16.0. The average Bonchev–Trinajstić information content (AvgIpc) is 2.70. The minimum Gasteiger partial charge on any atom is -0.466 e. The molecule has 182 valence electrons. The van der Waals surface area contributed by atoms with Crippen LogP contribution in [-0.2, 0) is 14.3 Å². The van der Waals surface area contributed by atoms with E-state index in [1.807, 2.05) is 32.0 Å². The summed E-state index contributed by atoms with van der Waals surface area (Å²) in [5.74, 6) is 2.74. The average molecular weight is 472 g/mol. The van der Waals surface area contributed by atoms with Gasteiger partial charge in [0.2, 0.25) is 0 Å². The van der Waals surface area contributed by atoms with Gasteiger partial charge in [-0.1, -0.05) is 24.1 Å². The molecule has 5 nitrogen and oxygen atoms in total. The third-order valence-corrected chi connectivity index (χ3v) is 4.96. The van der Waals surface area contributed by atoms with Gasteiger partial charge in [0.15, 0.2) is 0 Å². The molecule has 0 heterocycles. The number of amides is 1. The molecule has 0 spiro atoms. The molecule has 0 radical (unpaired) electrons. The number of nitrogens with one attached hydrogen (secondary N) is 1. The van der Waals surface area contributed by atoms with E-state index in [4.69, 9.17) is 9.47 Å². The Kier molecular flexibility index (Phi) is 8.80. The van der Waals surface area contributed by atoms with E-state index in [0.29, 0.717) is 5.56 Å². The van der Waals surface area contributed by atoms with Gasteiger partial charge in [0.05, 0.1) is 24.6 Å². The second kappa shape index (κ2) is 11.1. The van der Waals surface area contributed by atoms with E-state index >= 15 is 8.78 Å². The third kappa shape index (κ3) is 6.57. The van der Waals surface area contributed by atoms with Crippen molar-refractivity contribution in [2.24, 2.45) is 0 Å². The number of carbonyl (C=O) groups excluding carboxylic acids is 2. The Morgan fingerprint density at radius 1 is 1.12 bits per heavy atom. The highest BCUT2D eigenvalue weighted by molar-refractivity contribution is 5.76. The first kappa shape index (κ1) is 26.8. The quantitative estimate of drug-likeness (QED) is 0.406. The number of alkyl carbamates (subject to hydrolysis) is 1. The number of carbonyl (C=O) groups is 2. The molecule has 0 aliphatic rings. The van der Waals surface area contributed by atoms with Crippen LogP contribution in [0.4, 0.5) is 13.6 Å². The largest absolute Gasteiger partial charge is 0.466 e. The van der Waals surface area contributed by atoms with E-state index in [1.54, 1.807) is 27.7 Å². The normalized spacial score (nSPS) is 11.8. The summed E-state index contributed by atoms with van der Waals surface area (Å²) < 4.78 is 41.9. The predicted molar refractivity (Wildman–Crippen MR) is 127 cm³/mol. The molecular weight excluding hydrogens is 440 g/mol. The highest BCUT2D eigenvalue weighted by Gasteiger charge is 2.31. The van der Waals surface area contributed by atoms with Gasteiger partial charge in [0.25, 0.3) is 0 Å². The maximum Gasteiger partial charge on any atom is 0.408 e. The monoisotopic (exact) mass is 471 g/mol. The molecule has 7 heteroatoms. The number of hydrogen-bond acceptors (Lipinski definition) is 4. The van der Waals surface area contributed by atoms with E-state index in [1.165, 1.54) is 13.0 Å². The van der Waals surface area contributed by atoms with Gasteiger partial charge < -0.3 is 14.8 Å². The lowest BCUT2D eigenvalue weighted by molar-refractivity contribution is -0.143. The van der Waals surface area contributed by atoms with Crippen molar-refractivity contribution in [3.05, 3.63) is 58.2 Å². The molecule has 0 saturated heterocycles. The maximum absolute atomic E-state index is 16.0. The standard InChI is InChI=1S/C27H31F2NO4/c1-8-11-18-14-19(22-16(3)12-10-13-17(22)4)25(29)23(24(18)28)20(15-21(31)33-9-2)30-26(32)34-27(5,6)7/h10,12-14,20H,9,15H2,1-7H3,(H,30,32).